The molecule has 0 fully saturated rings. The van der Waals surface area contributed by atoms with Gasteiger partial charge in [0.1, 0.15) is 5.76 Å². The molecule has 0 radical (unpaired) electrons. The number of hydrogen-bond acceptors (Lipinski definition) is 5. The Hall–Kier alpha value is -3.32. The monoisotopic (exact) mass is 418 g/mol. The van der Waals surface area contributed by atoms with E-state index in [0.717, 1.165) is 22.6 Å². The van der Waals surface area contributed by atoms with E-state index >= 15 is 0 Å². The van der Waals surface area contributed by atoms with E-state index < -0.39 is 0 Å². The van der Waals surface area contributed by atoms with Gasteiger partial charge in [-0.1, -0.05) is 59.8 Å². The zero-order valence-corrected chi connectivity index (χ0v) is 17.6. The van der Waals surface area contributed by atoms with Crippen molar-refractivity contribution in [3.8, 4) is 17.1 Å². The number of hydrogen-bond donors (Lipinski definition) is 1. The second kappa shape index (κ2) is 9.00. The average Bonchev–Trinajstić information content (AvgIpc) is 3.38. The van der Waals surface area contributed by atoms with Crippen LogP contribution >= 0.6 is 11.8 Å². The standard InChI is InChI=1S/C23H22N4O2S/c1-16-8-10-18(11-9-16)14-24-21(28)15-30-23-26-25-22(20-12-13-29-17(20)2)27(23)19-6-4-3-5-7-19/h3-13H,14-15H2,1-2H3,(H,24,28). The van der Waals surface area contributed by atoms with Crippen LogP contribution in [0.4, 0.5) is 0 Å². The van der Waals surface area contributed by atoms with Gasteiger partial charge in [0.05, 0.1) is 17.6 Å². The Morgan fingerprint density at radius 1 is 1.03 bits per heavy atom. The van der Waals surface area contributed by atoms with Crippen molar-refractivity contribution in [1.29, 1.82) is 0 Å². The highest BCUT2D eigenvalue weighted by molar-refractivity contribution is 7.99. The molecule has 0 saturated heterocycles. The number of amides is 1. The number of carbonyl (C=O) groups excluding carboxylic acids is 1. The van der Waals surface area contributed by atoms with Gasteiger partial charge in [0.15, 0.2) is 11.0 Å². The van der Waals surface area contributed by atoms with E-state index in [4.69, 9.17) is 4.42 Å². The van der Waals surface area contributed by atoms with Gasteiger partial charge in [0, 0.05) is 12.2 Å². The third kappa shape index (κ3) is 4.46. The average molecular weight is 419 g/mol. The molecule has 7 heteroatoms. The lowest BCUT2D eigenvalue weighted by Gasteiger charge is -2.10. The van der Waals surface area contributed by atoms with Crippen molar-refractivity contribution in [3.63, 3.8) is 0 Å². The van der Waals surface area contributed by atoms with Crippen molar-refractivity contribution in [2.24, 2.45) is 0 Å². The van der Waals surface area contributed by atoms with Crippen LogP contribution in [0.5, 0.6) is 0 Å². The first-order chi connectivity index (χ1) is 14.6. The molecule has 4 aromatic rings. The molecule has 0 saturated carbocycles. The fourth-order valence-corrected chi connectivity index (χ4v) is 3.83. The van der Waals surface area contributed by atoms with E-state index in [1.807, 2.05) is 79.1 Å². The van der Waals surface area contributed by atoms with Gasteiger partial charge in [0.25, 0.3) is 0 Å². The van der Waals surface area contributed by atoms with E-state index in [2.05, 4.69) is 15.5 Å². The predicted octanol–water partition coefficient (Wildman–Crippen LogP) is 4.55. The first-order valence-electron chi connectivity index (χ1n) is 9.62. The summed E-state index contributed by atoms with van der Waals surface area (Å²) in [6, 6.07) is 19.9. The molecule has 1 N–H and O–H groups in total. The highest BCUT2D eigenvalue weighted by atomic mass is 32.2. The Morgan fingerprint density at radius 2 is 1.80 bits per heavy atom. The van der Waals surface area contributed by atoms with E-state index in [9.17, 15) is 4.79 Å². The van der Waals surface area contributed by atoms with E-state index in [1.165, 1.54) is 17.3 Å². The molecule has 152 valence electrons. The van der Waals surface area contributed by atoms with Gasteiger partial charge in [-0.3, -0.25) is 9.36 Å². The summed E-state index contributed by atoms with van der Waals surface area (Å²) in [5.41, 5.74) is 4.08. The van der Waals surface area contributed by atoms with E-state index in [1.54, 1.807) is 6.26 Å². The van der Waals surface area contributed by atoms with Crippen molar-refractivity contribution in [2.45, 2.75) is 25.5 Å². The fraction of sp³-hybridized carbons (Fsp3) is 0.174. The molecule has 2 heterocycles. The number of aryl methyl sites for hydroxylation is 2. The quantitative estimate of drug-likeness (QED) is 0.446. The van der Waals surface area contributed by atoms with Gasteiger partial charge in [-0.25, -0.2) is 0 Å². The van der Waals surface area contributed by atoms with Gasteiger partial charge in [-0.05, 0) is 37.6 Å². The van der Waals surface area contributed by atoms with Crippen molar-refractivity contribution < 1.29 is 9.21 Å². The Labute approximate surface area is 179 Å². The molecular weight excluding hydrogens is 396 g/mol. The molecular formula is C23H22N4O2S. The summed E-state index contributed by atoms with van der Waals surface area (Å²) in [4.78, 5) is 12.4. The topological polar surface area (TPSA) is 73.0 Å². The molecule has 0 atom stereocenters. The molecule has 0 spiro atoms. The number of nitrogens with one attached hydrogen (secondary N) is 1. The SMILES string of the molecule is Cc1ccc(CNC(=O)CSc2nnc(-c3ccoc3C)n2-c2ccccc2)cc1. The minimum atomic E-state index is -0.0516. The molecule has 4 rings (SSSR count). The van der Waals surface area contributed by atoms with Crippen LogP contribution in [0.25, 0.3) is 17.1 Å². The third-order valence-electron chi connectivity index (χ3n) is 4.69. The molecule has 0 bridgehead atoms. The molecule has 30 heavy (non-hydrogen) atoms. The largest absolute Gasteiger partial charge is 0.469 e. The lowest BCUT2D eigenvalue weighted by Crippen LogP contribution is -2.24. The maximum absolute atomic E-state index is 12.4. The number of para-hydroxylation sites is 1. The highest BCUT2D eigenvalue weighted by Crippen LogP contribution is 2.30. The predicted molar refractivity (Wildman–Crippen MR) is 118 cm³/mol. The molecule has 0 unspecified atom stereocenters. The van der Waals surface area contributed by atoms with Crippen LogP contribution in [0.3, 0.4) is 0 Å². The van der Waals surface area contributed by atoms with Gasteiger partial charge in [0.2, 0.25) is 5.91 Å². The zero-order valence-electron chi connectivity index (χ0n) is 16.8. The van der Waals surface area contributed by atoms with Crippen molar-refractivity contribution >= 4 is 17.7 Å². The third-order valence-corrected chi connectivity index (χ3v) is 5.62. The Kier molecular flexibility index (Phi) is 5.99. The van der Waals surface area contributed by atoms with E-state index in [-0.39, 0.29) is 11.7 Å². The van der Waals surface area contributed by atoms with Crippen LogP contribution in [0.15, 0.2) is 76.5 Å². The number of aromatic nitrogens is 3. The summed E-state index contributed by atoms with van der Waals surface area (Å²) in [6.45, 7) is 4.44. The second-order valence-corrected chi connectivity index (χ2v) is 7.86. The van der Waals surface area contributed by atoms with Crippen LogP contribution in [-0.4, -0.2) is 26.4 Å². The minimum absolute atomic E-state index is 0.0516. The Morgan fingerprint density at radius 3 is 2.50 bits per heavy atom. The Balaban J connectivity index is 1.50. The summed E-state index contributed by atoms with van der Waals surface area (Å²) in [6.07, 6.45) is 1.64. The first kappa shape index (κ1) is 20.0. The Bertz CT molecular complexity index is 1130. The van der Waals surface area contributed by atoms with Crippen LogP contribution < -0.4 is 5.32 Å². The molecule has 6 nitrogen and oxygen atoms in total. The van der Waals surface area contributed by atoms with Crippen LogP contribution in [0.1, 0.15) is 16.9 Å². The summed E-state index contributed by atoms with van der Waals surface area (Å²) in [5, 5.41) is 12.3. The van der Waals surface area contributed by atoms with Gasteiger partial charge in [-0.2, -0.15) is 0 Å². The second-order valence-electron chi connectivity index (χ2n) is 6.92. The van der Waals surface area contributed by atoms with Crippen molar-refractivity contribution in [3.05, 3.63) is 83.8 Å². The summed E-state index contributed by atoms with van der Waals surface area (Å²) in [7, 11) is 0. The lowest BCUT2D eigenvalue weighted by atomic mass is 10.1. The number of carbonyl (C=O) groups is 1. The van der Waals surface area contributed by atoms with E-state index in [0.29, 0.717) is 17.5 Å². The highest BCUT2D eigenvalue weighted by Gasteiger charge is 2.19. The zero-order chi connectivity index (χ0) is 20.9. The first-order valence-corrected chi connectivity index (χ1v) is 10.6. The maximum atomic E-state index is 12.4. The molecule has 1 amide bonds. The molecule has 0 aliphatic carbocycles. The lowest BCUT2D eigenvalue weighted by molar-refractivity contribution is -0.118. The number of benzene rings is 2. The van der Waals surface area contributed by atoms with Crippen molar-refractivity contribution in [1.82, 2.24) is 20.1 Å². The molecule has 0 aliphatic rings. The normalized spacial score (nSPS) is 10.9. The number of thioether (sulfide) groups is 1. The molecule has 2 aromatic heterocycles. The number of rotatable bonds is 7. The number of nitrogens with zero attached hydrogens (tertiary/aromatic N) is 3. The van der Waals surface area contributed by atoms with Gasteiger partial charge < -0.3 is 9.73 Å². The smallest absolute Gasteiger partial charge is 0.230 e. The summed E-state index contributed by atoms with van der Waals surface area (Å²) in [5.74, 6) is 1.66. The summed E-state index contributed by atoms with van der Waals surface area (Å²) < 4.78 is 7.40. The fourth-order valence-electron chi connectivity index (χ4n) is 3.05. The van der Waals surface area contributed by atoms with Gasteiger partial charge >= 0.3 is 0 Å². The van der Waals surface area contributed by atoms with Crippen molar-refractivity contribution in [2.75, 3.05) is 5.75 Å². The van der Waals surface area contributed by atoms with Gasteiger partial charge in [-0.15, -0.1) is 10.2 Å². The molecule has 0 aliphatic heterocycles. The van der Waals surface area contributed by atoms with Crippen LogP contribution in [0, 0.1) is 13.8 Å². The van der Waals surface area contributed by atoms with Crippen LogP contribution in [0.2, 0.25) is 0 Å². The summed E-state index contributed by atoms with van der Waals surface area (Å²) >= 11 is 1.36. The minimum Gasteiger partial charge on any atom is -0.469 e. The molecule has 2 aromatic carbocycles. The number of furan rings is 1. The maximum Gasteiger partial charge on any atom is 0.230 e. The van der Waals surface area contributed by atoms with Crippen LogP contribution in [-0.2, 0) is 11.3 Å².